The van der Waals surface area contributed by atoms with E-state index in [4.69, 9.17) is 10.2 Å². The Kier molecular flexibility index (Phi) is 2.93. The van der Waals surface area contributed by atoms with Crippen LogP contribution in [0.4, 0.5) is 0 Å². The van der Waals surface area contributed by atoms with Crippen molar-refractivity contribution in [1.82, 2.24) is 0 Å². The number of carbonyl (C=O) groups is 2. The number of hydrogen-bond donors (Lipinski definition) is 2. The van der Waals surface area contributed by atoms with Crippen LogP contribution in [-0.4, -0.2) is 22.2 Å². The van der Waals surface area contributed by atoms with Gasteiger partial charge in [-0.15, -0.1) is 0 Å². The Balaban J connectivity index is 2.84. The van der Waals surface area contributed by atoms with Gasteiger partial charge in [0.1, 0.15) is 0 Å². The molecule has 1 saturated carbocycles. The predicted molar refractivity (Wildman–Crippen MR) is 49.8 cm³/mol. The Hall–Kier alpha value is -1.32. The van der Waals surface area contributed by atoms with Crippen LogP contribution in [0.1, 0.15) is 19.8 Å². The van der Waals surface area contributed by atoms with E-state index in [1.165, 1.54) is 0 Å². The van der Waals surface area contributed by atoms with E-state index in [-0.39, 0.29) is 11.5 Å². The second kappa shape index (κ2) is 3.82. The van der Waals surface area contributed by atoms with Crippen LogP contribution in [0, 0.1) is 17.8 Å². The van der Waals surface area contributed by atoms with Gasteiger partial charge in [0.25, 0.3) is 0 Å². The third-order valence-electron chi connectivity index (χ3n) is 2.99. The summed E-state index contributed by atoms with van der Waals surface area (Å²) in [4.78, 5) is 21.6. The molecular weight excluding hydrogens is 184 g/mol. The first kappa shape index (κ1) is 10.8. The van der Waals surface area contributed by atoms with Gasteiger partial charge in [-0.2, -0.15) is 0 Å². The average Bonchev–Trinajstić information content (AvgIpc) is 2.45. The van der Waals surface area contributed by atoms with Gasteiger partial charge in [-0.25, -0.2) is 4.79 Å². The fraction of sp³-hybridized carbons (Fsp3) is 0.600. The molecule has 14 heavy (non-hydrogen) atoms. The van der Waals surface area contributed by atoms with Gasteiger partial charge in [-0.3, -0.25) is 4.79 Å². The Morgan fingerprint density at radius 3 is 2.29 bits per heavy atom. The molecular formula is C10H14O4. The zero-order chi connectivity index (χ0) is 10.9. The highest BCUT2D eigenvalue weighted by Crippen LogP contribution is 2.40. The van der Waals surface area contributed by atoms with Crippen molar-refractivity contribution in [3.63, 3.8) is 0 Å². The summed E-state index contributed by atoms with van der Waals surface area (Å²) >= 11 is 0. The van der Waals surface area contributed by atoms with E-state index in [1.807, 2.05) is 6.92 Å². The molecule has 3 unspecified atom stereocenters. The summed E-state index contributed by atoms with van der Waals surface area (Å²) in [5, 5.41) is 17.7. The number of carboxylic acid groups (broad SMARTS) is 2. The highest BCUT2D eigenvalue weighted by molar-refractivity contribution is 5.88. The molecule has 2 N–H and O–H groups in total. The zero-order valence-corrected chi connectivity index (χ0v) is 8.06. The quantitative estimate of drug-likeness (QED) is 0.672. The van der Waals surface area contributed by atoms with Crippen molar-refractivity contribution in [3.05, 3.63) is 12.2 Å². The first-order valence-corrected chi connectivity index (χ1v) is 4.60. The molecule has 0 bridgehead atoms. The molecule has 0 aromatic rings. The van der Waals surface area contributed by atoms with Crippen LogP contribution in [-0.2, 0) is 9.59 Å². The molecule has 1 aliphatic rings. The van der Waals surface area contributed by atoms with Crippen molar-refractivity contribution in [2.24, 2.45) is 17.8 Å². The topological polar surface area (TPSA) is 74.6 Å². The maximum atomic E-state index is 10.9. The Labute approximate surface area is 82.2 Å². The lowest BCUT2D eigenvalue weighted by atomic mass is 9.86. The van der Waals surface area contributed by atoms with Crippen molar-refractivity contribution in [2.45, 2.75) is 19.8 Å². The molecule has 4 heteroatoms. The summed E-state index contributed by atoms with van der Waals surface area (Å²) in [7, 11) is 0. The van der Waals surface area contributed by atoms with E-state index in [1.54, 1.807) is 0 Å². The van der Waals surface area contributed by atoms with Crippen molar-refractivity contribution in [3.8, 4) is 0 Å². The van der Waals surface area contributed by atoms with Crippen LogP contribution in [0.15, 0.2) is 12.2 Å². The molecule has 0 aromatic heterocycles. The van der Waals surface area contributed by atoms with Crippen molar-refractivity contribution >= 4 is 11.9 Å². The van der Waals surface area contributed by atoms with E-state index in [9.17, 15) is 9.59 Å². The second-order valence-electron chi connectivity index (χ2n) is 3.86. The first-order chi connectivity index (χ1) is 6.45. The lowest BCUT2D eigenvalue weighted by molar-refractivity contribution is -0.144. The van der Waals surface area contributed by atoms with E-state index < -0.39 is 23.8 Å². The maximum Gasteiger partial charge on any atom is 0.331 e. The third-order valence-corrected chi connectivity index (χ3v) is 2.99. The fourth-order valence-corrected chi connectivity index (χ4v) is 2.16. The minimum Gasteiger partial charge on any atom is -0.481 e. The summed E-state index contributed by atoms with van der Waals surface area (Å²) in [6.07, 6.45) is 1.37. The van der Waals surface area contributed by atoms with Crippen LogP contribution < -0.4 is 0 Å². The van der Waals surface area contributed by atoms with Crippen LogP contribution in [0.5, 0.6) is 0 Å². The molecule has 1 fully saturated rings. The van der Waals surface area contributed by atoms with Gasteiger partial charge >= 0.3 is 11.9 Å². The molecule has 0 aliphatic heterocycles. The van der Waals surface area contributed by atoms with Gasteiger partial charge in [-0.05, 0) is 18.8 Å². The molecule has 0 amide bonds. The minimum absolute atomic E-state index is 0.0294. The third kappa shape index (κ3) is 1.78. The van der Waals surface area contributed by atoms with Crippen molar-refractivity contribution in [2.75, 3.05) is 0 Å². The summed E-state index contributed by atoms with van der Waals surface area (Å²) in [6, 6.07) is 0. The lowest BCUT2D eigenvalue weighted by Crippen LogP contribution is -2.26. The number of hydrogen-bond acceptors (Lipinski definition) is 2. The molecule has 0 saturated heterocycles. The highest BCUT2D eigenvalue weighted by atomic mass is 16.4. The van der Waals surface area contributed by atoms with Gasteiger partial charge in [0, 0.05) is 11.5 Å². The molecule has 0 spiro atoms. The molecule has 0 heterocycles. The average molecular weight is 198 g/mol. The largest absolute Gasteiger partial charge is 0.481 e. The van der Waals surface area contributed by atoms with E-state index in [2.05, 4.69) is 6.58 Å². The first-order valence-electron chi connectivity index (χ1n) is 4.60. The molecule has 1 rings (SSSR count). The molecule has 78 valence electrons. The molecule has 4 nitrogen and oxygen atoms in total. The highest BCUT2D eigenvalue weighted by Gasteiger charge is 2.41. The molecule has 0 aromatic carbocycles. The Morgan fingerprint density at radius 1 is 1.29 bits per heavy atom. The van der Waals surface area contributed by atoms with E-state index in [0.717, 1.165) is 6.42 Å². The summed E-state index contributed by atoms with van der Waals surface area (Å²) in [5.41, 5.74) is 0.0294. The van der Waals surface area contributed by atoms with Crippen molar-refractivity contribution in [1.29, 1.82) is 0 Å². The molecule has 0 radical (unpaired) electrons. The van der Waals surface area contributed by atoms with Gasteiger partial charge in [0.15, 0.2) is 0 Å². The number of aliphatic carboxylic acids is 2. The smallest absolute Gasteiger partial charge is 0.331 e. The van der Waals surface area contributed by atoms with Gasteiger partial charge < -0.3 is 10.2 Å². The Morgan fingerprint density at radius 2 is 1.86 bits per heavy atom. The van der Waals surface area contributed by atoms with Crippen LogP contribution in [0.3, 0.4) is 0 Å². The lowest BCUT2D eigenvalue weighted by Gasteiger charge is -2.18. The van der Waals surface area contributed by atoms with E-state index in [0.29, 0.717) is 6.42 Å². The van der Waals surface area contributed by atoms with Crippen LogP contribution in [0.2, 0.25) is 0 Å². The SMILES string of the molecule is C=C(C(=O)O)C1CCC(C)C1C(=O)O. The maximum absolute atomic E-state index is 10.9. The van der Waals surface area contributed by atoms with Crippen LogP contribution in [0.25, 0.3) is 0 Å². The zero-order valence-electron chi connectivity index (χ0n) is 8.06. The fourth-order valence-electron chi connectivity index (χ4n) is 2.16. The standard InChI is InChI=1S/C10H14O4/c1-5-3-4-7(6(2)9(11)12)8(5)10(13)14/h5,7-8H,2-4H2,1H3,(H,11,12)(H,13,14). The van der Waals surface area contributed by atoms with Gasteiger partial charge in [-0.1, -0.05) is 13.5 Å². The molecule has 3 atom stereocenters. The Bertz CT molecular complexity index is 282. The normalized spacial score (nSPS) is 31.4. The minimum atomic E-state index is -1.09. The predicted octanol–water partition coefficient (Wildman–Crippen LogP) is 1.37. The van der Waals surface area contributed by atoms with Gasteiger partial charge in [0.05, 0.1) is 5.92 Å². The van der Waals surface area contributed by atoms with Gasteiger partial charge in [0.2, 0.25) is 0 Å². The molecule has 1 aliphatic carbocycles. The summed E-state index contributed by atoms with van der Waals surface area (Å²) in [5.74, 6) is -2.95. The second-order valence-corrected chi connectivity index (χ2v) is 3.86. The monoisotopic (exact) mass is 198 g/mol. The van der Waals surface area contributed by atoms with Crippen molar-refractivity contribution < 1.29 is 19.8 Å². The number of carboxylic acids is 2. The summed E-state index contributed by atoms with van der Waals surface area (Å²) in [6.45, 7) is 5.28. The van der Waals surface area contributed by atoms with Crippen LogP contribution >= 0.6 is 0 Å². The summed E-state index contributed by atoms with van der Waals surface area (Å²) < 4.78 is 0. The number of rotatable bonds is 3. The van der Waals surface area contributed by atoms with E-state index >= 15 is 0 Å².